The second kappa shape index (κ2) is 3.40. The van der Waals surface area contributed by atoms with Crippen molar-refractivity contribution in [2.24, 2.45) is 5.92 Å². The molecule has 1 rings (SSSR count). The van der Waals surface area contributed by atoms with Crippen molar-refractivity contribution in [3.63, 3.8) is 0 Å². The Morgan fingerprint density at radius 3 is 2.36 bits per heavy atom. The van der Waals surface area contributed by atoms with Crippen LogP contribution in [0.3, 0.4) is 0 Å². The van der Waals surface area contributed by atoms with E-state index in [9.17, 15) is 0 Å². The van der Waals surface area contributed by atoms with Crippen LogP contribution in [0.25, 0.3) is 0 Å². The van der Waals surface area contributed by atoms with Crippen LogP contribution in [0.5, 0.6) is 0 Å². The second-order valence-corrected chi connectivity index (χ2v) is 6.30. The molecule has 0 spiro atoms. The molecule has 0 aliphatic heterocycles. The summed E-state index contributed by atoms with van der Waals surface area (Å²) < 4.78 is 0. The molecule has 0 unspecified atom stereocenters. The van der Waals surface area contributed by atoms with Crippen molar-refractivity contribution in [2.75, 3.05) is 0 Å². The number of rotatable bonds is 2. The van der Waals surface area contributed by atoms with Crippen molar-refractivity contribution in [2.45, 2.75) is 33.4 Å². The summed E-state index contributed by atoms with van der Waals surface area (Å²) in [6.07, 6.45) is 5.86. The zero-order chi connectivity index (χ0) is 8.43. The van der Waals surface area contributed by atoms with Crippen molar-refractivity contribution in [3.05, 3.63) is 22.9 Å². The van der Waals surface area contributed by atoms with Gasteiger partial charge in [0.2, 0.25) is 0 Å². The molecule has 1 aliphatic rings. The summed E-state index contributed by atoms with van der Waals surface area (Å²) in [6, 6.07) is 0. The van der Waals surface area contributed by atoms with Crippen LogP contribution in [0, 0.1) is 5.92 Å². The molecular weight excluding hydrogens is 148 g/mol. The molecule has 0 nitrogen and oxygen atoms in total. The van der Waals surface area contributed by atoms with E-state index < -0.39 is 0 Å². The summed E-state index contributed by atoms with van der Waals surface area (Å²) in [5, 5.41) is 1.74. The molecule has 61 valence electrons. The first-order chi connectivity index (χ1) is 5.13. The molecule has 0 saturated carbocycles. The van der Waals surface area contributed by atoms with Gasteiger partial charge in [0.15, 0.2) is 0 Å². The fraction of sp³-hybridized carbons (Fsp3) is 0.600. The third-order valence-electron chi connectivity index (χ3n) is 2.19. The fourth-order valence-corrected chi connectivity index (χ4v) is 3.03. The van der Waals surface area contributed by atoms with Gasteiger partial charge in [0.1, 0.15) is 0 Å². The van der Waals surface area contributed by atoms with Crippen molar-refractivity contribution >= 4 is 8.80 Å². The molecule has 0 aromatic carbocycles. The van der Waals surface area contributed by atoms with Crippen LogP contribution in [0.4, 0.5) is 0 Å². The summed E-state index contributed by atoms with van der Waals surface area (Å²) in [6.45, 7) is 9.34. The van der Waals surface area contributed by atoms with E-state index in [1.807, 2.05) is 0 Å². The maximum Gasteiger partial charge on any atom is 0.0745 e. The maximum atomic E-state index is 2.38. The average Bonchev–Trinajstić information content (AvgIpc) is 2.32. The highest BCUT2D eigenvalue weighted by molar-refractivity contribution is 6.64. The van der Waals surface area contributed by atoms with Crippen LogP contribution in [0.1, 0.15) is 20.3 Å². The van der Waals surface area contributed by atoms with Gasteiger partial charge in [0.05, 0.1) is 8.80 Å². The van der Waals surface area contributed by atoms with Crippen LogP contribution in [-0.2, 0) is 0 Å². The highest BCUT2D eigenvalue weighted by Gasteiger charge is 2.14. The first kappa shape index (κ1) is 8.79. The quantitative estimate of drug-likeness (QED) is 0.551. The summed E-state index contributed by atoms with van der Waals surface area (Å²) in [5.74, 6) is 0.726. The molecule has 0 atom stereocenters. The first-order valence-corrected chi connectivity index (χ1v) is 6.83. The smallest absolute Gasteiger partial charge is 0.0745 e. The van der Waals surface area contributed by atoms with Gasteiger partial charge in [-0.05, 0) is 12.3 Å². The molecule has 0 fully saturated rings. The van der Waals surface area contributed by atoms with Crippen molar-refractivity contribution in [1.29, 1.82) is 0 Å². The van der Waals surface area contributed by atoms with Gasteiger partial charge in [-0.25, -0.2) is 0 Å². The topological polar surface area (TPSA) is 0 Å². The van der Waals surface area contributed by atoms with Gasteiger partial charge in [-0.1, -0.05) is 49.9 Å². The molecule has 0 amide bonds. The van der Waals surface area contributed by atoms with E-state index in [2.05, 4.69) is 39.1 Å². The van der Waals surface area contributed by atoms with E-state index >= 15 is 0 Å². The Hall–Kier alpha value is -0.303. The van der Waals surface area contributed by atoms with Gasteiger partial charge in [-0.3, -0.25) is 0 Å². The molecule has 0 N–H and O–H groups in total. The number of hydrogen-bond donors (Lipinski definition) is 0. The van der Waals surface area contributed by atoms with Crippen LogP contribution in [-0.4, -0.2) is 8.80 Å². The predicted molar refractivity (Wildman–Crippen MR) is 53.1 cm³/mol. The molecule has 0 heterocycles. The van der Waals surface area contributed by atoms with Crippen molar-refractivity contribution in [1.82, 2.24) is 0 Å². The Balaban J connectivity index is 2.84. The van der Waals surface area contributed by atoms with E-state index in [1.54, 1.807) is 10.8 Å². The Bertz CT molecular complexity index is 197. The second-order valence-electron chi connectivity index (χ2n) is 3.70. The zero-order valence-electron chi connectivity index (χ0n) is 7.94. The van der Waals surface area contributed by atoms with Gasteiger partial charge < -0.3 is 0 Å². The van der Waals surface area contributed by atoms with E-state index in [0.717, 1.165) is 5.92 Å². The Morgan fingerprint density at radius 1 is 1.36 bits per heavy atom. The van der Waals surface area contributed by atoms with Crippen LogP contribution < -0.4 is 0 Å². The molecule has 0 bridgehead atoms. The Morgan fingerprint density at radius 2 is 2.00 bits per heavy atom. The van der Waals surface area contributed by atoms with Gasteiger partial charge in [-0.15, -0.1) is 0 Å². The van der Waals surface area contributed by atoms with Gasteiger partial charge in [0.25, 0.3) is 0 Å². The van der Waals surface area contributed by atoms with E-state index in [0.29, 0.717) is 0 Å². The summed E-state index contributed by atoms with van der Waals surface area (Å²) >= 11 is 0. The molecule has 11 heavy (non-hydrogen) atoms. The van der Waals surface area contributed by atoms with E-state index in [4.69, 9.17) is 0 Å². The molecule has 1 radical (unpaired) electrons. The lowest BCUT2D eigenvalue weighted by atomic mass is 10.1. The highest BCUT2D eigenvalue weighted by Crippen LogP contribution is 2.26. The van der Waals surface area contributed by atoms with E-state index in [-0.39, 0.29) is 8.80 Å². The molecule has 1 heteroatoms. The van der Waals surface area contributed by atoms with Crippen molar-refractivity contribution < 1.29 is 0 Å². The monoisotopic (exact) mass is 165 g/mol. The minimum Gasteiger partial charge on any atom is -0.0806 e. The summed E-state index contributed by atoms with van der Waals surface area (Å²) in [7, 11) is -0.188. The Labute approximate surface area is 71.6 Å². The largest absolute Gasteiger partial charge is 0.0806 e. The van der Waals surface area contributed by atoms with Gasteiger partial charge >= 0.3 is 0 Å². The lowest BCUT2D eigenvalue weighted by Gasteiger charge is -2.11. The Kier molecular flexibility index (Phi) is 2.71. The normalized spacial score (nSPS) is 17.6. The average molecular weight is 165 g/mol. The lowest BCUT2D eigenvalue weighted by Crippen LogP contribution is -2.08. The molecular formula is C10H17Si. The summed E-state index contributed by atoms with van der Waals surface area (Å²) in [5.41, 5.74) is 1.61. The first-order valence-electron chi connectivity index (χ1n) is 4.33. The molecule has 0 aromatic rings. The third-order valence-corrected chi connectivity index (χ3v) is 3.89. The summed E-state index contributed by atoms with van der Waals surface area (Å²) in [4.78, 5) is 0. The van der Waals surface area contributed by atoms with Crippen LogP contribution >= 0.6 is 0 Å². The molecule has 0 aromatic heterocycles. The predicted octanol–water partition coefficient (Wildman–Crippen LogP) is 3.19. The minimum atomic E-state index is -0.188. The standard InChI is InChI=1S/C10H17Si/c1-8(2)9-6-5-7-10(9)11(3)4/h5-6,8H,7H2,1-4H3. The lowest BCUT2D eigenvalue weighted by molar-refractivity contribution is 0.789. The van der Waals surface area contributed by atoms with E-state index in [1.165, 1.54) is 6.42 Å². The van der Waals surface area contributed by atoms with Crippen LogP contribution in [0.2, 0.25) is 13.1 Å². The minimum absolute atomic E-state index is 0.188. The van der Waals surface area contributed by atoms with Crippen LogP contribution in [0.15, 0.2) is 22.9 Å². The zero-order valence-corrected chi connectivity index (χ0v) is 8.94. The highest BCUT2D eigenvalue weighted by atomic mass is 28.3. The fourth-order valence-electron chi connectivity index (χ4n) is 1.56. The van der Waals surface area contributed by atoms with Gasteiger partial charge in [-0.2, -0.15) is 0 Å². The third kappa shape index (κ3) is 1.83. The SMILES string of the molecule is CC(C)C1=C([Si](C)C)CC=C1. The number of allylic oxidation sites excluding steroid dienone is 4. The number of hydrogen-bond acceptors (Lipinski definition) is 0. The van der Waals surface area contributed by atoms with Crippen molar-refractivity contribution in [3.8, 4) is 0 Å². The van der Waals surface area contributed by atoms with Gasteiger partial charge in [0, 0.05) is 0 Å². The maximum absolute atomic E-state index is 2.38. The molecule has 0 saturated heterocycles. The molecule has 1 aliphatic carbocycles.